The molecule has 0 aromatic carbocycles. The number of hydrogen-bond donors (Lipinski definition) is 2. The molecule has 0 aliphatic carbocycles. The maximum absolute atomic E-state index is 9.23. The Hall–Kier alpha value is -0.0200. The minimum absolute atomic E-state index is 0.000579. The molecule has 0 aromatic rings. The standard InChI is InChI=1S/C6H11BrO2/c1-3-5(8)6(2,9)4-7/h3,8-9H,4H2,1-2H3/t6-/m0/s1. The molecule has 0 saturated carbocycles. The lowest BCUT2D eigenvalue weighted by atomic mass is 10.1. The second kappa shape index (κ2) is 3.22. The molecule has 0 unspecified atom stereocenters. The van der Waals surface area contributed by atoms with Crippen molar-refractivity contribution in [3.63, 3.8) is 0 Å². The van der Waals surface area contributed by atoms with E-state index in [1.165, 1.54) is 13.0 Å². The molecule has 54 valence electrons. The summed E-state index contributed by atoms with van der Waals surface area (Å²) in [6, 6.07) is 0. The van der Waals surface area contributed by atoms with Crippen LogP contribution in [-0.2, 0) is 0 Å². The maximum Gasteiger partial charge on any atom is 0.128 e. The molecule has 2 N–H and O–H groups in total. The highest BCUT2D eigenvalue weighted by Gasteiger charge is 2.22. The first kappa shape index (κ1) is 8.98. The molecule has 1 atom stereocenters. The van der Waals surface area contributed by atoms with Gasteiger partial charge in [0.15, 0.2) is 0 Å². The Morgan fingerprint density at radius 1 is 1.78 bits per heavy atom. The largest absolute Gasteiger partial charge is 0.510 e. The fourth-order valence-electron chi connectivity index (χ4n) is 0.379. The third kappa shape index (κ3) is 2.37. The van der Waals surface area contributed by atoms with E-state index in [-0.39, 0.29) is 5.76 Å². The molecular formula is C6H11BrO2. The molecule has 0 aliphatic heterocycles. The van der Waals surface area contributed by atoms with Crippen molar-refractivity contribution in [1.29, 1.82) is 0 Å². The molecule has 0 saturated heterocycles. The van der Waals surface area contributed by atoms with Crippen LogP contribution in [0.15, 0.2) is 11.8 Å². The molecule has 3 heteroatoms. The number of alkyl halides is 1. The lowest BCUT2D eigenvalue weighted by molar-refractivity contribution is 0.0765. The van der Waals surface area contributed by atoms with Gasteiger partial charge in [-0.05, 0) is 19.9 Å². The topological polar surface area (TPSA) is 40.5 Å². The van der Waals surface area contributed by atoms with Crippen molar-refractivity contribution in [3.05, 3.63) is 11.8 Å². The van der Waals surface area contributed by atoms with E-state index in [9.17, 15) is 5.11 Å². The van der Waals surface area contributed by atoms with E-state index in [1.807, 2.05) is 0 Å². The second-order valence-corrected chi connectivity index (χ2v) is 2.64. The average molecular weight is 195 g/mol. The molecule has 9 heavy (non-hydrogen) atoms. The highest BCUT2D eigenvalue weighted by atomic mass is 79.9. The van der Waals surface area contributed by atoms with Crippen LogP contribution < -0.4 is 0 Å². The second-order valence-electron chi connectivity index (χ2n) is 2.08. The zero-order chi connectivity index (χ0) is 7.49. The number of aliphatic hydroxyl groups is 2. The Labute approximate surface area is 63.3 Å². The average Bonchev–Trinajstić information content (AvgIpc) is 1.86. The van der Waals surface area contributed by atoms with E-state index in [4.69, 9.17) is 5.11 Å². The van der Waals surface area contributed by atoms with E-state index < -0.39 is 5.60 Å². The monoisotopic (exact) mass is 194 g/mol. The smallest absolute Gasteiger partial charge is 0.128 e. The molecular weight excluding hydrogens is 184 g/mol. The van der Waals surface area contributed by atoms with Crippen LogP contribution in [-0.4, -0.2) is 21.1 Å². The summed E-state index contributed by atoms with van der Waals surface area (Å²) in [4.78, 5) is 0. The lowest BCUT2D eigenvalue weighted by Gasteiger charge is -2.18. The van der Waals surface area contributed by atoms with Gasteiger partial charge in [-0.25, -0.2) is 0 Å². The van der Waals surface area contributed by atoms with Crippen LogP contribution in [0.4, 0.5) is 0 Å². The first-order chi connectivity index (χ1) is 4.04. The van der Waals surface area contributed by atoms with Gasteiger partial charge in [0.2, 0.25) is 0 Å². The number of allylic oxidation sites excluding steroid dienone is 1. The van der Waals surface area contributed by atoms with Gasteiger partial charge in [-0.1, -0.05) is 15.9 Å². The van der Waals surface area contributed by atoms with Crippen molar-refractivity contribution < 1.29 is 10.2 Å². The van der Waals surface area contributed by atoms with Gasteiger partial charge in [-0.3, -0.25) is 0 Å². The highest BCUT2D eigenvalue weighted by Crippen LogP contribution is 2.15. The van der Waals surface area contributed by atoms with Crippen LogP contribution in [0.3, 0.4) is 0 Å². The van der Waals surface area contributed by atoms with Crippen LogP contribution in [0.5, 0.6) is 0 Å². The Kier molecular flexibility index (Phi) is 3.22. The van der Waals surface area contributed by atoms with Gasteiger partial charge in [-0.15, -0.1) is 0 Å². The van der Waals surface area contributed by atoms with E-state index in [1.54, 1.807) is 6.92 Å². The maximum atomic E-state index is 9.23. The van der Waals surface area contributed by atoms with Crippen molar-refractivity contribution in [2.45, 2.75) is 19.4 Å². The molecule has 0 radical (unpaired) electrons. The molecule has 0 fully saturated rings. The van der Waals surface area contributed by atoms with Crippen LogP contribution in [0.25, 0.3) is 0 Å². The summed E-state index contributed by atoms with van der Waals surface area (Å²) in [5, 5.41) is 18.5. The van der Waals surface area contributed by atoms with Gasteiger partial charge in [0.05, 0.1) is 0 Å². The third-order valence-electron chi connectivity index (χ3n) is 1.09. The number of rotatable bonds is 2. The molecule has 0 aromatic heterocycles. The Morgan fingerprint density at radius 3 is 2.33 bits per heavy atom. The summed E-state index contributed by atoms with van der Waals surface area (Å²) in [6.45, 7) is 3.21. The first-order valence-electron chi connectivity index (χ1n) is 2.68. The number of aliphatic hydroxyl groups excluding tert-OH is 1. The number of halogens is 1. The summed E-state index contributed by atoms with van der Waals surface area (Å²) < 4.78 is 0. The summed E-state index contributed by atoms with van der Waals surface area (Å²) in [5.41, 5.74) is -1.12. The van der Waals surface area contributed by atoms with Gasteiger partial charge in [0.1, 0.15) is 11.4 Å². The van der Waals surface area contributed by atoms with Gasteiger partial charge >= 0.3 is 0 Å². The zero-order valence-corrected chi connectivity index (χ0v) is 7.14. The first-order valence-corrected chi connectivity index (χ1v) is 3.81. The molecule has 0 aliphatic rings. The van der Waals surface area contributed by atoms with E-state index in [0.717, 1.165) is 0 Å². The molecule has 0 bridgehead atoms. The minimum atomic E-state index is -1.12. The van der Waals surface area contributed by atoms with E-state index in [0.29, 0.717) is 5.33 Å². The quantitative estimate of drug-likeness (QED) is 0.518. The summed E-state index contributed by atoms with van der Waals surface area (Å²) in [5.74, 6) is -0.000579. The van der Waals surface area contributed by atoms with Crippen molar-refractivity contribution in [2.24, 2.45) is 0 Å². The highest BCUT2D eigenvalue weighted by molar-refractivity contribution is 9.09. The van der Waals surface area contributed by atoms with Gasteiger partial charge < -0.3 is 10.2 Å². The minimum Gasteiger partial charge on any atom is -0.510 e. The lowest BCUT2D eigenvalue weighted by Crippen LogP contribution is -2.28. The van der Waals surface area contributed by atoms with Crippen LogP contribution >= 0.6 is 15.9 Å². The summed E-state index contributed by atoms with van der Waals surface area (Å²) >= 11 is 3.06. The van der Waals surface area contributed by atoms with Crippen LogP contribution in [0.2, 0.25) is 0 Å². The van der Waals surface area contributed by atoms with Gasteiger partial charge in [0.25, 0.3) is 0 Å². The van der Waals surface area contributed by atoms with Crippen molar-refractivity contribution in [1.82, 2.24) is 0 Å². The van der Waals surface area contributed by atoms with Gasteiger partial charge in [-0.2, -0.15) is 0 Å². The Balaban J connectivity index is 4.14. The molecule has 0 amide bonds. The van der Waals surface area contributed by atoms with Crippen molar-refractivity contribution >= 4 is 15.9 Å². The number of hydrogen-bond acceptors (Lipinski definition) is 2. The predicted octanol–water partition coefficient (Wildman–Crippen LogP) is 1.59. The van der Waals surface area contributed by atoms with E-state index >= 15 is 0 Å². The third-order valence-corrected chi connectivity index (χ3v) is 2.18. The summed E-state index contributed by atoms with van der Waals surface area (Å²) in [7, 11) is 0. The molecule has 2 nitrogen and oxygen atoms in total. The summed E-state index contributed by atoms with van der Waals surface area (Å²) in [6.07, 6.45) is 1.47. The van der Waals surface area contributed by atoms with Crippen LogP contribution in [0.1, 0.15) is 13.8 Å². The van der Waals surface area contributed by atoms with Crippen LogP contribution in [0, 0.1) is 0 Å². The normalized spacial score (nSPS) is 19.3. The van der Waals surface area contributed by atoms with E-state index in [2.05, 4.69) is 15.9 Å². The predicted molar refractivity (Wildman–Crippen MR) is 40.8 cm³/mol. The van der Waals surface area contributed by atoms with Gasteiger partial charge in [0, 0.05) is 5.33 Å². The Bertz CT molecular complexity index is 118. The SMILES string of the molecule is CC=C(O)[C@@](C)(O)CBr. The molecule has 0 heterocycles. The van der Waals surface area contributed by atoms with Crippen molar-refractivity contribution in [3.8, 4) is 0 Å². The zero-order valence-electron chi connectivity index (χ0n) is 5.56. The fourth-order valence-corrected chi connectivity index (χ4v) is 0.667. The van der Waals surface area contributed by atoms with Crippen molar-refractivity contribution in [2.75, 3.05) is 5.33 Å². The Morgan fingerprint density at radius 2 is 2.22 bits per heavy atom. The molecule has 0 rings (SSSR count). The molecule has 0 spiro atoms. The fraction of sp³-hybridized carbons (Fsp3) is 0.667.